The first kappa shape index (κ1) is 7.28. The molecule has 56 valence electrons. The number of carboxylic acids is 1. The summed E-state index contributed by atoms with van der Waals surface area (Å²) in [7, 11) is 0. The Kier molecular flexibility index (Phi) is 2.06. The van der Waals surface area contributed by atoms with Gasteiger partial charge in [0.25, 0.3) is 0 Å². The number of epoxide rings is 1. The Balaban J connectivity index is 2.29. The molecule has 0 amide bonds. The lowest BCUT2D eigenvalue weighted by atomic mass is 10.2. The fraction of sp³-hybridized carbons (Fsp3) is 0.571. The fourth-order valence-electron chi connectivity index (χ4n) is 0.600. The molecule has 1 heterocycles. The van der Waals surface area contributed by atoms with Crippen LogP contribution in [0.1, 0.15) is 13.3 Å². The maximum absolute atomic E-state index is 10.2. The summed E-state index contributed by atoms with van der Waals surface area (Å²) >= 11 is 0. The molecule has 10 heavy (non-hydrogen) atoms. The first-order valence-electron chi connectivity index (χ1n) is 3.22. The molecule has 0 saturated carbocycles. The van der Waals surface area contributed by atoms with Crippen molar-refractivity contribution in [2.24, 2.45) is 0 Å². The standard InChI is InChI=1S/C7H10O3/c1-5(7(8)9)2-3-6-4-10-6/h2,6H,3-4H2,1H3,(H,8,9)/t6-/m1/s1. The van der Waals surface area contributed by atoms with Crippen LogP contribution in [0.5, 0.6) is 0 Å². The fourth-order valence-corrected chi connectivity index (χ4v) is 0.600. The number of hydrogen-bond donors (Lipinski definition) is 1. The molecule has 0 aromatic heterocycles. The van der Waals surface area contributed by atoms with Crippen LogP contribution in [0, 0.1) is 0 Å². The Hall–Kier alpha value is -0.830. The van der Waals surface area contributed by atoms with E-state index in [0.717, 1.165) is 13.0 Å². The summed E-state index contributed by atoms with van der Waals surface area (Å²) in [6.45, 7) is 2.37. The average molecular weight is 142 g/mol. The van der Waals surface area contributed by atoms with Crippen LogP contribution in [-0.2, 0) is 9.53 Å². The predicted octanol–water partition coefficient (Wildman–Crippen LogP) is 0.806. The van der Waals surface area contributed by atoms with Crippen LogP contribution in [-0.4, -0.2) is 23.8 Å². The molecule has 1 N–H and O–H groups in total. The second-order valence-corrected chi connectivity index (χ2v) is 2.38. The third-order valence-electron chi connectivity index (χ3n) is 1.43. The molecular weight excluding hydrogens is 132 g/mol. The molecule has 0 radical (unpaired) electrons. The van der Waals surface area contributed by atoms with Gasteiger partial charge < -0.3 is 9.84 Å². The van der Waals surface area contributed by atoms with E-state index in [9.17, 15) is 4.79 Å². The van der Waals surface area contributed by atoms with Crippen LogP contribution in [0.25, 0.3) is 0 Å². The summed E-state index contributed by atoms with van der Waals surface area (Å²) < 4.78 is 4.90. The van der Waals surface area contributed by atoms with E-state index in [1.165, 1.54) is 0 Å². The minimum absolute atomic E-state index is 0.286. The van der Waals surface area contributed by atoms with Crippen molar-refractivity contribution >= 4 is 5.97 Å². The van der Waals surface area contributed by atoms with Crippen LogP contribution in [0.2, 0.25) is 0 Å². The van der Waals surface area contributed by atoms with Gasteiger partial charge in [0.2, 0.25) is 0 Å². The number of ether oxygens (including phenoxy) is 1. The van der Waals surface area contributed by atoms with E-state index >= 15 is 0 Å². The van der Waals surface area contributed by atoms with Crippen LogP contribution in [0.4, 0.5) is 0 Å². The molecular formula is C7H10O3. The molecule has 0 unspecified atom stereocenters. The maximum atomic E-state index is 10.2. The van der Waals surface area contributed by atoms with E-state index < -0.39 is 5.97 Å². The van der Waals surface area contributed by atoms with Crippen LogP contribution in [0.3, 0.4) is 0 Å². The smallest absolute Gasteiger partial charge is 0.330 e. The SMILES string of the molecule is CC(=CC[C@@H]1CO1)C(=O)O. The van der Waals surface area contributed by atoms with Crippen molar-refractivity contribution in [3.8, 4) is 0 Å². The van der Waals surface area contributed by atoms with E-state index in [-0.39, 0.29) is 6.10 Å². The van der Waals surface area contributed by atoms with E-state index in [2.05, 4.69) is 0 Å². The Labute approximate surface area is 59.3 Å². The summed E-state index contributed by atoms with van der Waals surface area (Å²) in [5.41, 5.74) is 0.399. The lowest BCUT2D eigenvalue weighted by molar-refractivity contribution is -0.132. The van der Waals surface area contributed by atoms with Gasteiger partial charge in [0.15, 0.2) is 0 Å². The summed E-state index contributed by atoms with van der Waals surface area (Å²) in [5, 5.41) is 8.41. The van der Waals surface area contributed by atoms with Gasteiger partial charge >= 0.3 is 5.97 Å². The predicted molar refractivity (Wildman–Crippen MR) is 35.7 cm³/mol. The van der Waals surface area contributed by atoms with Gasteiger partial charge in [-0.1, -0.05) is 6.08 Å². The number of carboxylic acid groups (broad SMARTS) is 1. The van der Waals surface area contributed by atoms with Crippen molar-refractivity contribution in [1.29, 1.82) is 0 Å². The third kappa shape index (κ3) is 2.19. The Morgan fingerprint density at radius 2 is 2.50 bits per heavy atom. The topological polar surface area (TPSA) is 49.8 Å². The van der Waals surface area contributed by atoms with Gasteiger partial charge in [-0.05, 0) is 13.3 Å². The molecule has 3 nitrogen and oxygen atoms in total. The largest absolute Gasteiger partial charge is 0.478 e. The summed E-state index contributed by atoms with van der Waals surface area (Å²) in [6.07, 6.45) is 2.72. The van der Waals surface area contributed by atoms with Gasteiger partial charge in [-0.15, -0.1) is 0 Å². The third-order valence-corrected chi connectivity index (χ3v) is 1.43. The first-order chi connectivity index (χ1) is 4.70. The highest BCUT2D eigenvalue weighted by atomic mass is 16.6. The molecule has 0 aliphatic carbocycles. The van der Waals surface area contributed by atoms with Gasteiger partial charge in [-0.2, -0.15) is 0 Å². The van der Waals surface area contributed by atoms with Gasteiger partial charge in [0, 0.05) is 5.57 Å². The highest BCUT2D eigenvalue weighted by Crippen LogP contribution is 2.14. The van der Waals surface area contributed by atoms with Crippen molar-refractivity contribution < 1.29 is 14.6 Å². The number of rotatable bonds is 3. The zero-order valence-corrected chi connectivity index (χ0v) is 5.83. The summed E-state index contributed by atoms with van der Waals surface area (Å²) in [6, 6.07) is 0. The molecule has 0 aromatic carbocycles. The average Bonchev–Trinajstić information content (AvgIpc) is 2.64. The van der Waals surface area contributed by atoms with E-state index in [1.54, 1.807) is 13.0 Å². The lowest BCUT2D eigenvalue weighted by Gasteiger charge is -1.89. The Morgan fingerprint density at radius 1 is 1.90 bits per heavy atom. The minimum atomic E-state index is -0.847. The van der Waals surface area contributed by atoms with E-state index in [1.807, 2.05) is 0 Å². The number of aliphatic carboxylic acids is 1. The van der Waals surface area contributed by atoms with Crippen LogP contribution < -0.4 is 0 Å². The van der Waals surface area contributed by atoms with Crippen molar-refractivity contribution in [3.05, 3.63) is 11.6 Å². The molecule has 0 aromatic rings. The monoisotopic (exact) mass is 142 g/mol. The molecule has 1 saturated heterocycles. The van der Waals surface area contributed by atoms with Crippen LogP contribution >= 0.6 is 0 Å². The highest BCUT2D eigenvalue weighted by Gasteiger charge is 2.20. The van der Waals surface area contributed by atoms with Crippen molar-refractivity contribution in [3.63, 3.8) is 0 Å². The molecule has 3 heteroatoms. The van der Waals surface area contributed by atoms with Gasteiger partial charge in [0.1, 0.15) is 0 Å². The maximum Gasteiger partial charge on any atom is 0.330 e. The van der Waals surface area contributed by atoms with E-state index in [0.29, 0.717) is 5.57 Å². The van der Waals surface area contributed by atoms with E-state index in [4.69, 9.17) is 9.84 Å². The van der Waals surface area contributed by atoms with Gasteiger partial charge in [0.05, 0.1) is 12.7 Å². The van der Waals surface area contributed by atoms with Gasteiger partial charge in [-0.25, -0.2) is 4.79 Å². The van der Waals surface area contributed by atoms with Crippen LogP contribution in [0.15, 0.2) is 11.6 Å². The summed E-state index contributed by atoms with van der Waals surface area (Å²) in [4.78, 5) is 10.2. The highest BCUT2D eigenvalue weighted by molar-refractivity contribution is 5.85. The van der Waals surface area contributed by atoms with Crippen molar-refractivity contribution in [1.82, 2.24) is 0 Å². The van der Waals surface area contributed by atoms with Crippen molar-refractivity contribution in [2.75, 3.05) is 6.61 Å². The summed E-state index contributed by atoms with van der Waals surface area (Å²) in [5.74, 6) is -0.847. The molecule has 1 aliphatic heterocycles. The zero-order chi connectivity index (χ0) is 7.56. The molecule has 0 bridgehead atoms. The molecule has 1 atom stereocenters. The second-order valence-electron chi connectivity index (χ2n) is 2.38. The lowest BCUT2D eigenvalue weighted by Crippen LogP contribution is -1.96. The Bertz CT molecular complexity index is 168. The second kappa shape index (κ2) is 2.84. The molecule has 1 rings (SSSR count). The molecule has 0 spiro atoms. The first-order valence-corrected chi connectivity index (χ1v) is 3.22. The normalized spacial score (nSPS) is 24.5. The number of carbonyl (C=O) groups is 1. The van der Waals surface area contributed by atoms with Crippen molar-refractivity contribution in [2.45, 2.75) is 19.4 Å². The quantitative estimate of drug-likeness (QED) is 0.468. The molecule has 1 aliphatic rings. The minimum Gasteiger partial charge on any atom is -0.478 e. The molecule has 1 fully saturated rings. The number of hydrogen-bond acceptors (Lipinski definition) is 2. The zero-order valence-electron chi connectivity index (χ0n) is 5.83. The Morgan fingerprint density at radius 3 is 2.90 bits per heavy atom. The van der Waals surface area contributed by atoms with Gasteiger partial charge in [-0.3, -0.25) is 0 Å².